The first-order chi connectivity index (χ1) is 3.30. The van der Waals surface area contributed by atoms with E-state index < -0.39 is 0 Å². The van der Waals surface area contributed by atoms with E-state index in [9.17, 15) is 4.79 Å². The summed E-state index contributed by atoms with van der Waals surface area (Å²) in [5.41, 5.74) is 4.95. The molecule has 1 heterocycles. The second-order valence-corrected chi connectivity index (χ2v) is 1.48. The van der Waals surface area contributed by atoms with Crippen molar-refractivity contribution in [2.24, 2.45) is 5.92 Å². The zero-order valence-corrected chi connectivity index (χ0v) is 3.77. The highest BCUT2D eigenvalue weighted by molar-refractivity contribution is 5.80. The summed E-state index contributed by atoms with van der Waals surface area (Å²) < 4.78 is 0. The molecule has 0 aromatic carbocycles. The van der Waals surface area contributed by atoms with Crippen molar-refractivity contribution in [1.29, 1.82) is 0 Å². The average Bonchev–Trinajstić information content (AvgIpc) is 1.91. The average molecular weight is 98.1 g/mol. The van der Waals surface area contributed by atoms with Gasteiger partial charge in [0.15, 0.2) is 0 Å². The maximum absolute atomic E-state index is 10.3. The van der Waals surface area contributed by atoms with Crippen LogP contribution in [0.2, 0.25) is 0 Å². The molecule has 2 N–H and O–H groups in total. The van der Waals surface area contributed by atoms with Crippen LogP contribution in [0.4, 0.5) is 0 Å². The molecule has 1 fully saturated rings. The molecule has 1 unspecified atom stereocenters. The lowest BCUT2D eigenvalue weighted by Gasteiger charge is -1.87. The van der Waals surface area contributed by atoms with Crippen molar-refractivity contribution in [3.05, 3.63) is 6.92 Å². The molecule has 1 amide bonds. The minimum atomic E-state index is -0.347. The van der Waals surface area contributed by atoms with Crippen LogP contribution >= 0.6 is 0 Å². The van der Waals surface area contributed by atoms with Crippen molar-refractivity contribution in [3.8, 4) is 0 Å². The molecular formula is C4H6N2O. The van der Waals surface area contributed by atoms with Crippen LogP contribution in [0.3, 0.4) is 0 Å². The third-order valence-corrected chi connectivity index (χ3v) is 0.870. The monoisotopic (exact) mass is 98.0 g/mol. The number of hydrogen-bond donors (Lipinski definition) is 2. The molecule has 1 aliphatic rings. The lowest BCUT2D eigenvalue weighted by molar-refractivity contribution is -0.121. The molecule has 0 spiro atoms. The summed E-state index contributed by atoms with van der Waals surface area (Å²) in [4.78, 5) is 10.3. The molecule has 1 rings (SSSR count). The van der Waals surface area contributed by atoms with Gasteiger partial charge in [-0.25, -0.2) is 5.43 Å². The van der Waals surface area contributed by atoms with Crippen LogP contribution in [0.25, 0.3) is 0 Å². The summed E-state index contributed by atoms with van der Waals surface area (Å²) in [6.07, 6.45) is 0. The van der Waals surface area contributed by atoms with E-state index in [0.29, 0.717) is 6.54 Å². The molecule has 1 atom stereocenters. The van der Waals surface area contributed by atoms with Crippen LogP contribution in [0.5, 0.6) is 0 Å². The number of rotatable bonds is 0. The molecule has 0 aromatic rings. The fourth-order valence-corrected chi connectivity index (χ4v) is 0.433. The van der Waals surface area contributed by atoms with Crippen LogP contribution in [0.15, 0.2) is 0 Å². The quantitative estimate of drug-likeness (QED) is 0.406. The molecule has 0 aromatic heterocycles. The molecule has 0 bridgehead atoms. The van der Waals surface area contributed by atoms with Crippen molar-refractivity contribution in [3.63, 3.8) is 0 Å². The highest BCUT2D eigenvalue weighted by atomic mass is 16.2. The summed E-state index contributed by atoms with van der Waals surface area (Å²) in [7, 11) is 0. The molecule has 3 nitrogen and oxygen atoms in total. The van der Waals surface area contributed by atoms with Gasteiger partial charge in [0.1, 0.15) is 0 Å². The highest BCUT2D eigenvalue weighted by Gasteiger charge is 2.17. The van der Waals surface area contributed by atoms with E-state index in [1.54, 1.807) is 0 Å². The molecule has 0 saturated carbocycles. The number of carbonyl (C=O) groups is 1. The lowest BCUT2D eigenvalue weighted by atomic mass is 10.2. The van der Waals surface area contributed by atoms with Gasteiger partial charge >= 0.3 is 0 Å². The first-order valence-corrected chi connectivity index (χ1v) is 2.09. The van der Waals surface area contributed by atoms with Crippen LogP contribution < -0.4 is 10.9 Å². The second kappa shape index (κ2) is 1.50. The first kappa shape index (κ1) is 4.59. The Morgan fingerprint density at radius 1 is 1.86 bits per heavy atom. The van der Waals surface area contributed by atoms with E-state index in [0.717, 1.165) is 0 Å². The lowest BCUT2D eigenvalue weighted by Crippen LogP contribution is -2.25. The Bertz CT molecular complexity index is 91.7. The summed E-state index contributed by atoms with van der Waals surface area (Å²) in [5, 5.41) is 0. The van der Waals surface area contributed by atoms with E-state index in [1.165, 1.54) is 0 Å². The largest absolute Gasteiger partial charge is 0.291 e. The van der Waals surface area contributed by atoms with E-state index in [1.807, 2.05) is 0 Å². The number of carbonyl (C=O) groups excluding carboxylic acids is 1. The molecule has 1 aliphatic heterocycles. The standard InChI is InChI=1S/C4H6N2O/c1-3-2-5-6-4(3)7/h1,3,5H,2H2,(H,6,7). The van der Waals surface area contributed by atoms with Crippen molar-refractivity contribution < 1.29 is 4.79 Å². The summed E-state index contributed by atoms with van der Waals surface area (Å²) in [5.74, 6) is -0.472. The Kier molecular flexibility index (Phi) is 0.982. The Labute approximate surface area is 42.1 Å². The highest BCUT2D eigenvalue weighted by Crippen LogP contribution is 1.93. The molecular weight excluding hydrogens is 92.1 g/mol. The minimum absolute atomic E-state index is 0.125. The first-order valence-electron chi connectivity index (χ1n) is 2.09. The van der Waals surface area contributed by atoms with Crippen molar-refractivity contribution in [2.45, 2.75) is 0 Å². The van der Waals surface area contributed by atoms with Crippen molar-refractivity contribution in [2.75, 3.05) is 6.54 Å². The Morgan fingerprint density at radius 2 is 2.57 bits per heavy atom. The minimum Gasteiger partial charge on any atom is -0.291 e. The Balaban J connectivity index is 2.48. The van der Waals surface area contributed by atoms with Gasteiger partial charge in [0.25, 0.3) is 0 Å². The number of amides is 1. The second-order valence-electron chi connectivity index (χ2n) is 1.48. The maximum atomic E-state index is 10.3. The number of hydrogen-bond acceptors (Lipinski definition) is 2. The van der Waals surface area contributed by atoms with Gasteiger partial charge in [0.05, 0.1) is 5.92 Å². The Hall–Kier alpha value is -0.570. The summed E-state index contributed by atoms with van der Waals surface area (Å²) in [6, 6.07) is 0. The van der Waals surface area contributed by atoms with Gasteiger partial charge in [-0.15, -0.1) is 0 Å². The van der Waals surface area contributed by atoms with Gasteiger partial charge in [0, 0.05) is 6.54 Å². The van der Waals surface area contributed by atoms with Gasteiger partial charge in [-0.1, -0.05) is 0 Å². The normalized spacial score (nSPS) is 30.4. The smallest absolute Gasteiger partial charge is 0.238 e. The fraction of sp³-hybridized carbons (Fsp3) is 0.500. The third kappa shape index (κ3) is 0.718. The predicted molar refractivity (Wildman–Crippen MR) is 23.9 cm³/mol. The molecule has 0 aliphatic carbocycles. The van der Waals surface area contributed by atoms with E-state index in [4.69, 9.17) is 6.92 Å². The van der Waals surface area contributed by atoms with Gasteiger partial charge < -0.3 is 0 Å². The zero-order valence-electron chi connectivity index (χ0n) is 3.77. The van der Waals surface area contributed by atoms with E-state index >= 15 is 0 Å². The molecule has 3 heteroatoms. The van der Waals surface area contributed by atoms with E-state index in [-0.39, 0.29) is 11.8 Å². The van der Waals surface area contributed by atoms with Crippen LogP contribution in [-0.2, 0) is 4.79 Å². The maximum Gasteiger partial charge on any atom is 0.238 e. The van der Waals surface area contributed by atoms with Crippen LogP contribution in [0.1, 0.15) is 0 Å². The van der Waals surface area contributed by atoms with Crippen molar-refractivity contribution >= 4 is 5.91 Å². The van der Waals surface area contributed by atoms with Gasteiger partial charge in [-0.2, -0.15) is 0 Å². The number of hydrazine groups is 1. The summed E-state index contributed by atoms with van der Waals surface area (Å²) >= 11 is 0. The number of nitrogens with one attached hydrogen (secondary N) is 2. The Morgan fingerprint density at radius 3 is 2.71 bits per heavy atom. The van der Waals surface area contributed by atoms with Crippen LogP contribution in [0, 0.1) is 12.8 Å². The molecule has 2 radical (unpaired) electrons. The molecule has 38 valence electrons. The summed E-state index contributed by atoms with van der Waals surface area (Å²) in [6.45, 7) is 5.74. The zero-order chi connectivity index (χ0) is 5.28. The predicted octanol–water partition coefficient (Wildman–Crippen LogP) is -1.05. The third-order valence-electron chi connectivity index (χ3n) is 0.870. The van der Waals surface area contributed by atoms with Crippen LogP contribution in [-0.4, -0.2) is 12.5 Å². The molecule has 1 saturated heterocycles. The van der Waals surface area contributed by atoms with Gasteiger partial charge in [0.2, 0.25) is 5.91 Å². The van der Waals surface area contributed by atoms with Gasteiger partial charge in [-0.05, 0) is 6.92 Å². The SMILES string of the molecule is [CH]C1CNNC1=O. The fourth-order valence-electron chi connectivity index (χ4n) is 0.433. The van der Waals surface area contributed by atoms with E-state index in [2.05, 4.69) is 10.9 Å². The topological polar surface area (TPSA) is 41.1 Å². The van der Waals surface area contributed by atoms with Gasteiger partial charge in [-0.3, -0.25) is 10.2 Å². The van der Waals surface area contributed by atoms with Crippen molar-refractivity contribution in [1.82, 2.24) is 10.9 Å². The molecule has 7 heavy (non-hydrogen) atoms.